The van der Waals surface area contributed by atoms with Gasteiger partial charge in [0.1, 0.15) is 11.5 Å². The maximum Gasteiger partial charge on any atom is 0.272 e. The highest BCUT2D eigenvalue weighted by Crippen LogP contribution is 2.27. The van der Waals surface area contributed by atoms with Gasteiger partial charge in [0.05, 0.1) is 14.2 Å². The van der Waals surface area contributed by atoms with Gasteiger partial charge < -0.3 is 20.1 Å². The fourth-order valence-corrected chi connectivity index (χ4v) is 2.72. The zero-order valence-electron chi connectivity index (χ0n) is 16.9. The Morgan fingerprint density at radius 1 is 1.00 bits per heavy atom. The van der Waals surface area contributed by atoms with Crippen LogP contribution >= 0.6 is 0 Å². The Balaban J connectivity index is 1.88. The Morgan fingerprint density at radius 2 is 1.81 bits per heavy atom. The number of carbonyl (C=O) groups excluding carboxylic acids is 2. The van der Waals surface area contributed by atoms with Crippen molar-refractivity contribution < 1.29 is 23.5 Å². The van der Waals surface area contributed by atoms with Crippen LogP contribution in [-0.2, 0) is 4.79 Å². The number of hydrogen-bond donors (Lipinski definition) is 2. The van der Waals surface area contributed by atoms with Crippen molar-refractivity contribution in [1.29, 1.82) is 0 Å². The van der Waals surface area contributed by atoms with Crippen molar-refractivity contribution in [3.05, 3.63) is 89.6 Å². The second-order valence-corrected chi connectivity index (χ2v) is 6.33. The van der Waals surface area contributed by atoms with Crippen molar-refractivity contribution >= 4 is 23.6 Å². The first-order chi connectivity index (χ1) is 15.0. The molecule has 0 saturated carbocycles. The van der Waals surface area contributed by atoms with Gasteiger partial charge >= 0.3 is 0 Å². The van der Waals surface area contributed by atoms with E-state index < -0.39 is 17.6 Å². The van der Waals surface area contributed by atoms with E-state index in [2.05, 4.69) is 15.6 Å². The number of hydrogen-bond acceptors (Lipinski definition) is 5. The van der Waals surface area contributed by atoms with Gasteiger partial charge in [0.25, 0.3) is 11.8 Å². The molecule has 0 aliphatic heterocycles. The van der Waals surface area contributed by atoms with Crippen molar-refractivity contribution in [3.8, 4) is 11.5 Å². The number of halogens is 1. The third-order valence-corrected chi connectivity index (χ3v) is 4.22. The van der Waals surface area contributed by atoms with Crippen LogP contribution in [0.3, 0.4) is 0 Å². The first-order valence-corrected chi connectivity index (χ1v) is 9.22. The molecular weight excluding hydrogens is 401 g/mol. The van der Waals surface area contributed by atoms with Gasteiger partial charge in [0.2, 0.25) is 0 Å². The normalized spacial score (nSPS) is 10.9. The van der Waals surface area contributed by atoms with Gasteiger partial charge in [-0.15, -0.1) is 0 Å². The van der Waals surface area contributed by atoms with E-state index in [1.54, 1.807) is 36.5 Å². The van der Waals surface area contributed by atoms with Gasteiger partial charge in [-0.2, -0.15) is 0 Å². The third-order valence-electron chi connectivity index (χ3n) is 4.22. The summed E-state index contributed by atoms with van der Waals surface area (Å²) >= 11 is 0. The van der Waals surface area contributed by atoms with Crippen molar-refractivity contribution in [2.24, 2.45) is 0 Å². The van der Waals surface area contributed by atoms with E-state index in [1.165, 1.54) is 50.8 Å². The van der Waals surface area contributed by atoms with E-state index in [0.717, 1.165) is 0 Å². The van der Waals surface area contributed by atoms with Crippen LogP contribution in [0.1, 0.15) is 15.9 Å². The van der Waals surface area contributed by atoms with Crippen LogP contribution in [0.15, 0.2) is 72.7 Å². The van der Waals surface area contributed by atoms with Gasteiger partial charge in [0, 0.05) is 23.6 Å². The standard InChI is InChI=1S/C23H20FN3O4/c1-30-20-9-8-16(12-21(20)31-2)22(28)27-19(11-15-5-4-10-25-14-15)23(29)26-18-7-3-6-17(24)13-18/h3-14H,1-2H3,(H,26,29)(H,27,28). The van der Waals surface area contributed by atoms with Crippen molar-refractivity contribution in [2.45, 2.75) is 0 Å². The van der Waals surface area contributed by atoms with E-state index in [1.807, 2.05) is 0 Å². The fraction of sp³-hybridized carbons (Fsp3) is 0.0870. The minimum absolute atomic E-state index is 0.0444. The van der Waals surface area contributed by atoms with Crippen LogP contribution in [-0.4, -0.2) is 31.0 Å². The van der Waals surface area contributed by atoms with Gasteiger partial charge in [-0.25, -0.2) is 4.39 Å². The molecule has 158 valence electrons. The van der Waals surface area contributed by atoms with E-state index in [0.29, 0.717) is 17.1 Å². The lowest BCUT2D eigenvalue weighted by molar-refractivity contribution is -0.113. The number of rotatable bonds is 7. The molecule has 0 atom stereocenters. The maximum absolute atomic E-state index is 13.5. The summed E-state index contributed by atoms with van der Waals surface area (Å²) in [6.45, 7) is 0. The van der Waals surface area contributed by atoms with Crippen molar-refractivity contribution in [2.75, 3.05) is 19.5 Å². The highest BCUT2D eigenvalue weighted by atomic mass is 19.1. The minimum atomic E-state index is -0.622. The number of aromatic nitrogens is 1. The van der Waals surface area contributed by atoms with E-state index in [-0.39, 0.29) is 16.9 Å². The first-order valence-electron chi connectivity index (χ1n) is 9.22. The Labute approximate surface area is 178 Å². The van der Waals surface area contributed by atoms with Crippen molar-refractivity contribution in [1.82, 2.24) is 10.3 Å². The number of benzene rings is 2. The number of ether oxygens (including phenoxy) is 2. The quantitative estimate of drug-likeness (QED) is 0.569. The molecule has 7 nitrogen and oxygen atoms in total. The van der Waals surface area contributed by atoms with Crippen LogP contribution in [0.4, 0.5) is 10.1 Å². The molecule has 0 radical (unpaired) electrons. The average molecular weight is 421 g/mol. The molecule has 2 aromatic carbocycles. The zero-order chi connectivity index (χ0) is 22.2. The topological polar surface area (TPSA) is 89.5 Å². The molecule has 0 aliphatic carbocycles. The molecule has 2 amide bonds. The van der Waals surface area contributed by atoms with Gasteiger partial charge in [-0.3, -0.25) is 14.6 Å². The molecule has 2 N–H and O–H groups in total. The predicted octanol–water partition coefficient (Wildman–Crippen LogP) is 3.65. The van der Waals surface area contributed by atoms with E-state index in [4.69, 9.17) is 9.47 Å². The highest BCUT2D eigenvalue weighted by molar-refractivity contribution is 6.10. The molecule has 31 heavy (non-hydrogen) atoms. The Hall–Kier alpha value is -4.20. The maximum atomic E-state index is 13.5. The lowest BCUT2D eigenvalue weighted by atomic mass is 10.1. The molecule has 0 aliphatic rings. The molecule has 1 aromatic heterocycles. The summed E-state index contributed by atoms with van der Waals surface area (Å²) in [5, 5.41) is 5.17. The molecule has 0 unspecified atom stereocenters. The number of pyridine rings is 1. The smallest absolute Gasteiger partial charge is 0.272 e. The molecule has 3 aromatic rings. The molecule has 0 fully saturated rings. The molecular formula is C23H20FN3O4. The largest absolute Gasteiger partial charge is 0.493 e. The number of carbonyl (C=O) groups is 2. The lowest BCUT2D eigenvalue weighted by Gasteiger charge is -2.13. The van der Waals surface area contributed by atoms with E-state index >= 15 is 0 Å². The SMILES string of the molecule is COc1ccc(C(=O)NC(=Cc2cccnc2)C(=O)Nc2cccc(F)c2)cc1OC. The summed E-state index contributed by atoms with van der Waals surface area (Å²) in [4.78, 5) is 29.7. The Morgan fingerprint density at radius 3 is 2.48 bits per heavy atom. The van der Waals surface area contributed by atoms with Crippen LogP contribution in [0.25, 0.3) is 6.08 Å². The lowest BCUT2D eigenvalue weighted by Crippen LogP contribution is -2.30. The van der Waals surface area contributed by atoms with E-state index in [9.17, 15) is 14.0 Å². The second-order valence-electron chi connectivity index (χ2n) is 6.33. The van der Waals surface area contributed by atoms with Crippen LogP contribution in [0.5, 0.6) is 11.5 Å². The predicted molar refractivity (Wildman–Crippen MR) is 114 cm³/mol. The summed E-state index contributed by atoms with van der Waals surface area (Å²) in [5.41, 5.74) is 1.06. The molecule has 3 rings (SSSR count). The first kappa shape index (κ1) is 21.5. The number of nitrogens with one attached hydrogen (secondary N) is 2. The summed E-state index contributed by atoms with van der Waals surface area (Å²) in [7, 11) is 2.95. The summed E-state index contributed by atoms with van der Waals surface area (Å²) in [6, 6.07) is 13.5. The number of methoxy groups -OCH3 is 2. The van der Waals surface area contributed by atoms with Crippen LogP contribution in [0.2, 0.25) is 0 Å². The average Bonchev–Trinajstić information content (AvgIpc) is 2.78. The summed E-state index contributed by atoms with van der Waals surface area (Å²) < 4.78 is 23.9. The molecule has 0 saturated heterocycles. The molecule has 1 heterocycles. The van der Waals surface area contributed by atoms with Gasteiger partial charge in [-0.05, 0) is 54.1 Å². The molecule has 8 heteroatoms. The fourth-order valence-electron chi connectivity index (χ4n) is 2.72. The molecule has 0 spiro atoms. The summed E-state index contributed by atoms with van der Waals surface area (Å²) in [6.07, 6.45) is 4.60. The highest BCUT2D eigenvalue weighted by Gasteiger charge is 2.17. The second kappa shape index (κ2) is 10.0. The Bertz CT molecular complexity index is 1120. The number of nitrogens with zero attached hydrogens (tertiary/aromatic N) is 1. The van der Waals surface area contributed by atoms with Crippen LogP contribution in [0, 0.1) is 5.82 Å². The van der Waals surface area contributed by atoms with Crippen molar-refractivity contribution in [3.63, 3.8) is 0 Å². The Kier molecular flexibility index (Phi) is 6.95. The monoisotopic (exact) mass is 421 g/mol. The van der Waals surface area contributed by atoms with Gasteiger partial charge in [0.15, 0.2) is 11.5 Å². The van der Waals surface area contributed by atoms with Gasteiger partial charge in [-0.1, -0.05) is 12.1 Å². The third kappa shape index (κ3) is 5.66. The zero-order valence-corrected chi connectivity index (χ0v) is 16.9. The summed E-state index contributed by atoms with van der Waals surface area (Å²) in [5.74, 6) is -0.815. The minimum Gasteiger partial charge on any atom is -0.493 e. The number of amides is 2. The van der Waals surface area contributed by atoms with Crippen LogP contribution < -0.4 is 20.1 Å². The molecule has 0 bridgehead atoms. The number of anilines is 1.